The number of aromatic nitrogens is 1. The third-order valence-electron chi connectivity index (χ3n) is 4.81. The van der Waals surface area contributed by atoms with E-state index in [2.05, 4.69) is 27.4 Å². The van der Waals surface area contributed by atoms with Crippen molar-refractivity contribution < 1.29 is 18.1 Å². The van der Waals surface area contributed by atoms with E-state index in [0.29, 0.717) is 37.2 Å². The van der Waals surface area contributed by atoms with Crippen molar-refractivity contribution in [1.29, 1.82) is 0 Å². The van der Waals surface area contributed by atoms with Gasteiger partial charge in [-0.1, -0.05) is 6.07 Å². The lowest BCUT2D eigenvalue weighted by Gasteiger charge is -2.25. The number of nitrogens with one attached hydrogen (secondary N) is 1. The fourth-order valence-electron chi connectivity index (χ4n) is 3.51. The van der Waals surface area contributed by atoms with Gasteiger partial charge in [0, 0.05) is 24.0 Å². The van der Waals surface area contributed by atoms with Crippen LogP contribution in [0.1, 0.15) is 23.8 Å². The van der Waals surface area contributed by atoms with Crippen molar-refractivity contribution >= 4 is 27.2 Å². The van der Waals surface area contributed by atoms with Crippen LogP contribution in [0, 0.1) is 0 Å². The van der Waals surface area contributed by atoms with Crippen molar-refractivity contribution in [2.75, 3.05) is 37.7 Å². The zero-order valence-corrected chi connectivity index (χ0v) is 15.6. The maximum absolute atomic E-state index is 12.7. The number of rotatable bonds is 4. The van der Waals surface area contributed by atoms with Crippen LogP contribution < -0.4 is 9.88 Å². The van der Waals surface area contributed by atoms with Crippen LogP contribution in [0.15, 0.2) is 40.7 Å². The minimum Gasteiger partial charge on any atom is -0.379 e. The Morgan fingerprint density at radius 2 is 2.00 bits per heavy atom. The molecular weight excluding hydrogens is 358 g/mol. The first-order valence-electron chi connectivity index (χ1n) is 8.56. The number of anilines is 1. The van der Waals surface area contributed by atoms with Crippen molar-refractivity contribution in [1.82, 2.24) is 4.31 Å². The number of pyridine rings is 1. The molecule has 0 amide bonds. The molecule has 0 radical (unpaired) electrons. The Balaban J connectivity index is 1.55. The Labute approximate surface area is 152 Å². The molecule has 0 unspecified atom stereocenters. The van der Waals surface area contributed by atoms with Gasteiger partial charge in [0.25, 0.3) is 5.82 Å². The van der Waals surface area contributed by atoms with E-state index in [1.165, 1.54) is 9.18 Å². The van der Waals surface area contributed by atoms with Gasteiger partial charge in [0.15, 0.2) is 0 Å². The van der Waals surface area contributed by atoms with Gasteiger partial charge >= 0.3 is 0 Å². The molecule has 2 aliphatic rings. The number of sulfonamides is 1. The summed E-state index contributed by atoms with van der Waals surface area (Å²) >= 11 is 1.77. The molecule has 2 aromatic heterocycles. The minimum absolute atomic E-state index is 0.310. The summed E-state index contributed by atoms with van der Waals surface area (Å²) < 4.78 is 32.2. The number of morpholine rings is 1. The number of thiophene rings is 1. The summed E-state index contributed by atoms with van der Waals surface area (Å²) in [5.74, 6) is 0.969. The van der Waals surface area contributed by atoms with Crippen molar-refractivity contribution in [2.24, 2.45) is 0 Å². The average molecular weight is 381 g/mol. The highest BCUT2D eigenvalue weighted by atomic mass is 32.2. The van der Waals surface area contributed by atoms with Crippen LogP contribution in [0.2, 0.25) is 0 Å². The van der Waals surface area contributed by atoms with Crippen molar-refractivity contribution in [3.8, 4) is 0 Å². The zero-order valence-electron chi connectivity index (χ0n) is 13.9. The summed E-state index contributed by atoms with van der Waals surface area (Å²) in [7, 11) is -3.45. The smallest absolute Gasteiger partial charge is 0.274 e. The van der Waals surface area contributed by atoms with Crippen LogP contribution in [0.4, 0.5) is 5.82 Å². The minimum atomic E-state index is -3.45. The van der Waals surface area contributed by atoms with Gasteiger partial charge in [0.05, 0.1) is 19.8 Å². The summed E-state index contributed by atoms with van der Waals surface area (Å²) in [4.78, 5) is 7.21. The largest absolute Gasteiger partial charge is 0.379 e. The molecule has 8 heteroatoms. The third kappa shape index (κ3) is 3.31. The lowest BCUT2D eigenvalue weighted by Crippen LogP contribution is -2.41. The second-order valence-electron chi connectivity index (χ2n) is 6.29. The van der Waals surface area contributed by atoms with Gasteiger partial charge in [-0.3, -0.25) is 4.90 Å². The Kier molecular flexibility index (Phi) is 4.77. The van der Waals surface area contributed by atoms with Crippen LogP contribution in [-0.2, 0) is 14.8 Å². The van der Waals surface area contributed by atoms with Crippen molar-refractivity contribution in [3.05, 3.63) is 40.7 Å². The lowest BCUT2D eigenvalue weighted by molar-refractivity contribution is -0.367. The molecule has 2 fully saturated rings. The molecule has 1 atom stereocenters. The van der Waals surface area contributed by atoms with Crippen LogP contribution in [0.25, 0.3) is 0 Å². The van der Waals surface area contributed by atoms with Gasteiger partial charge in [-0.2, -0.15) is 4.31 Å². The molecule has 0 bridgehead atoms. The van der Waals surface area contributed by atoms with Gasteiger partial charge in [0.1, 0.15) is 17.1 Å². The first-order chi connectivity index (χ1) is 12.2. The number of hydrogen-bond donors (Lipinski definition) is 0. The molecule has 2 saturated heterocycles. The molecule has 4 heterocycles. The molecule has 134 valence electrons. The molecule has 0 saturated carbocycles. The highest BCUT2D eigenvalue weighted by molar-refractivity contribution is 7.89. The van der Waals surface area contributed by atoms with E-state index >= 15 is 0 Å². The monoisotopic (exact) mass is 380 g/mol. The van der Waals surface area contributed by atoms with Crippen LogP contribution in [-0.4, -0.2) is 45.6 Å². The Morgan fingerprint density at radius 3 is 2.68 bits per heavy atom. The first kappa shape index (κ1) is 17.0. The van der Waals surface area contributed by atoms with Crippen LogP contribution >= 0.6 is 11.3 Å². The molecule has 1 N–H and O–H groups in total. The van der Waals surface area contributed by atoms with E-state index in [9.17, 15) is 8.42 Å². The second-order valence-corrected chi connectivity index (χ2v) is 9.21. The van der Waals surface area contributed by atoms with Crippen molar-refractivity contribution in [3.63, 3.8) is 0 Å². The SMILES string of the molecule is O=S(=O)(c1ccc(N2CCC[C@H]2c2cccs2)[nH+]c1)N1CCOCC1. The average Bonchev–Trinajstić information content (AvgIpc) is 3.34. The van der Waals surface area contributed by atoms with E-state index < -0.39 is 10.0 Å². The fourth-order valence-corrected chi connectivity index (χ4v) is 5.76. The van der Waals surface area contributed by atoms with Crippen LogP contribution in [0.5, 0.6) is 0 Å². The van der Waals surface area contributed by atoms with Gasteiger partial charge < -0.3 is 4.74 Å². The molecule has 2 aliphatic heterocycles. The molecule has 0 aromatic carbocycles. The van der Waals surface area contributed by atoms with Gasteiger partial charge in [0.2, 0.25) is 10.0 Å². The van der Waals surface area contributed by atoms with Crippen molar-refractivity contribution in [2.45, 2.75) is 23.8 Å². The van der Waals surface area contributed by atoms with Crippen LogP contribution in [0.3, 0.4) is 0 Å². The standard InChI is InChI=1S/C17H21N3O3S2/c21-25(22,19-8-10-23-11-9-19)14-5-6-17(18-13-14)20-7-1-3-15(20)16-4-2-12-24-16/h2,4-6,12-13,15H,1,3,7-11H2/p+1/t15-/m0/s1. The predicted octanol–water partition coefficient (Wildman–Crippen LogP) is 1.92. The second kappa shape index (κ2) is 7.03. The van der Waals surface area contributed by atoms with Gasteiger partial charge in [-0.25, -0.2) is 13.4 Å². The summed E-state index contributed by atoms with van der Waals surface area (Å²) in [6, 6.07) is 8.22. The Hall–Kier alpha value is -1.48. The normalized spacial score (nSPS) is 22.4. The highest BCUT2D eigenvalue weighted by Gasteiger charge is 2.34. The Morgan fingerprint density at radius 1 is 1.16 bits per heavy atom. The molecule has 4 rings (SSSR count). The lowest BCUT2D eigenvalue weighted by atomic mass is 10.2. The van der Waals surface area contributed by atoms with E-state index in [1.54, 1.807) is 23.6 Å². The molecule has 6 nitrogen and oxygen atoms in total. The third-order valence-corrected chi connectivity index (χ3v) is 7.68. The molecule has 0 spiro atoms. The zero-order chi connectivity index (χ0) is 17.3. The predicted molar refractivity (Wildman–Crippen MR) is 96.2 cm³/mol. The van der Waals surface area contributed by atoms with E-state index in [-0.39, 0.29) is 0 Å². The van der Waals surface area contributed by atoms with Gasteiger partial charge in [-0.05, 0) is 30.4 Å². The number of hydrogen-bond acceptors (Lipinski definition) is 5. The van der Waals surface area contributed by atoms with E-state index in [1.807, 2.05) is 6.07 Å². The summed E-state index contributed by atoms with van der Waals surface area (Å²) in [6.45, 7) is 2.72. The first-order valence-corrected chi connectivity index (χ1v) is 10.9. The summed E-state index contributed by atoms with van der Waals surface area (Å²) in [5.41, 5.74) is 0. The van der Waals surface area contributed by atoms with E-state index in [0.717, 1.165) is 25.2 Å². The summed E-state index contributed by atoms with van der Waals surface area (Å²) in [5, 5.41) is 2.10. The molecule has 0 aliphatic carbocycles. The maximum Gasteiger partial charge on any atom is 0.274 e. The Bertz CT molecular complexity index is 800. The molecule has 25 heavy (non-hydrogen) atoms. The number of H-pyrrole nitrogens is 1. The van der Waals surface area contributed by atoms with E-state index in [4.69, 9.17) is 4.74 Å². The maximum atomic E-state index is 12.7. The highest BCUT2D eigenvalue weighted by Crippen LogP contribution is 2.36. The topological polar surface area (TPSA) is 64.0 Å². The number of aromatic amines is 1. The molecule has 2 aromatic rings. The molecular formula is C17H22N3O3S2+. The number of nitrogens with zero attached hydrogens (tertiary/aromatic N) is 2. The quantitative estimate of drug-likeness (QED) is 0.813. The van der Waals surface area contributed by atoms with Gasteiger partial charge in [-0.15, -0.1) is 11.3 Å². The summed E-state index contributed by atoms with van der Waals surface area (Å²) in [6.07, 6.45) is 3.89. The fraction of sp³-hybridized carbons (Fsp3) is 0.471. The number of ether oxygens (including phenoxy) is 1.